The zero-order valence-corrected chi connectivity index (χ0v) is 14.5. The molecule has 132 valence electrons. The maximum absolute atomic E-state index is 13.5. The normalized spacial score (nSPS) is 14.1. The van der Waals surface area contributed by atoms with Crippen LogP contribution in [0.3, 0.4) is 0 Å². The van der Waals surface area contributed by atoms with Crippen molar-refractivity contribution in [3.05, 3.63) is 36.0 Å². The second kappa shape index (κ2) is 5.42. The van der Waals surface area contributed by atoms with Crippen molar-refractivity contribution in [2.75, 3.05) is 21.0 Å². The molecular weight excluding hydrogens is 334 g/mol. The molecule has 0 bridgehead atoms. The van der Waals surface area contributed by atoms with Gasteiger partial charge in [0.2, 0.25) is 12.5 Å². The third-order valence-corrected chi connectivity index (χ3v) is 5.08. The van der Waals surface area contributed by atoms with Crippen LogP contribution in [-0.2, 0) is 13.0 Å². The zero-order valence-electron chi connectivity index (χ0n) is 14.5. The molecule has 0 N–H and O–H groups in total. The average Bonchev–Trinajstić information content (AvgIpc) is 3.12. The van der Waals surface area contributed by atoms with Crippen molar-refractivity contribution < 1.29 is 28.6 Å². The van der Waals surface area contributed by atoms with Gasteiger partial charge in [-0.3, -0.25) is 0 Å². The highest BCUT2D eigenvalue weighted by atomic mass is 16.7. The second-order valence-electron chi connectivity index (χ2n) is 6.38. The summed E-state index contributed by atoms with van der Waals surface area (Å²) in [4.78, 5) is 0. The number of benzene rings is 2. The van der Waals surface area contributed by atoms with E-state index in [1.807, 2.05) is 35.0 Å². The number of hydrogen-bond donors (Lipinski definition) is 0. The Kier molecular flexibility index (Phi) is 3.16. The van der Waals surface area contributed by atoms with Crippen LogP contribution in [0.5, 0.6) is 28.7 Å². The molecule has 26 heavy (non-hydrogen) atoms. The van der Waals surface area contributed by atoms with Gasteiger partial charge in [0.25, 0.3) is 0 Å². The van der Waals surface area contributed by atoms with Crippen molar-refractivity contribution in [3.63, 3.8) is 0 Å². The highest BCUT2D eigenvalue weighted by molar-refractivity contribution is 5.98. The fourth-order valence-electron chi connectivity index (χ4n) is 3.87. The summed E-state index contributed by atoms with van der Waals surface area (Å²) >= 11 is 0. The summed E-state index contributed by atoms with van der Waals surface area (Å²) in [6.07, 6.45) is 2.84. The topological polar surface area (TPSA) is 63.9 Å². The van der Waals surface area contributed by atoms with Crippen LogP contribution in [0, 0.1) is 0 Å². The van der Waals surface area contributed by atoms with Crippen molar-refractivity contribution in [3.8, 4) is 40.0 Å². The number of hydrogen-bond acceptors (Lipinski definition) is 5. The molecule has 5 rings (SSSR count). The number of aryl methyl sites for hydroxylation is 2. The van der Waals surface area contributed by atoms with E-state index in [9.17, 15) is 5.11 Å². The number of fused-ring (bicyclic) bond motifs is 5. The minimum Gasteiger partial charge on any atom is -0.867 e. The van der Waals surface area contributed by atoms with Gasteiger partial charge in [-0.2, -0.15) is 4.57 Å². The van der Waals surface area contributed by atoms with Gasteiger partial charge in [-0.1, -0.05) is 0 Å². The summed E-state index contributed by atoms with van der Waals surface area (Å²) in [6.45, 7) is 0.951. The predicted molar refractivity (Wildman–Crippen MR) is 92.0 cm³/mol. The maximum Gasteiger partial charge on any atom is 0.231 e. The Hall–Kier alpha value is -3.15. The SMILES string of the molecule is COc1ccc2c[n+]3c(c([O-])c2c1OC)-c1cc2c(cc1CC3)OCO2. The first kappa shape index (κ1) is 15.1. The summed E-state index contributed by atoms with van der Waals surface area (Å²) in [7, 11) is 3.12. The Morgan fingerprint density at radius 2 is 1.88 bits per heavy atom. The van der Waals surface area contributed by atoms with Crippen LogP contribution in [0.2, 0.25) is 0 Å². The molecular formula is C20H17NO5. The van der Waals surface area contributed by atoms with E-state index >= 15 is 0 Å². The molecule has 2 aromatic carbocycles. The second-order valence-corrected chi connectivity index (χ2v) is 6.38. The van der Waals surface area contributed by atoms with Crippen molar-refractivity contribution >= 4 is 10.8 Å². The Morgan fingerprint density at radius 1 is 1.08 bits per heavy atom. The molecule has 0 fully saturated rings. The fourth-order valence-corrected chi connectivity index (χ4v) is 3.87. The molecule has 0 unspecified atom stereocenters. The third-order valence-electron chi connectivity index (χ3n) is 5.08. The van der Waals surface area contributed by atoms with Crippen LogP contribution in [0.25, 0.3) is 22.0 Å². The molecule has 0 spiro atoms. The van der Waals surface area contributed by atoms with Gasteiger partial charge >= 0.3 is 0 Å². The van der Waals surface area contributed by atoms with E-state index < -0.39 is 0 Å². The molecule has 0 aliphatic carbocycles. The largest absolute Gasteiger partial charge is 0.867 e. The van der Waals surface area contributed by atoms with Crippen molar-refractivity contribution in [2.24, 2.45) is 0 Å². The molecule has 0 atom stereocenters. The molecule has 0 saturated heterocycles. The lowest BCUT2D eigenvalue weighted by Crippen LogP contribution is -2.40. The fraction of sp³-hybridized carbons (Fsp3) is 0.250. The Balaban J connectivity index is 1.84. The molecule has 0 saturated carbocycles. The first-order valence-corrected chi connectivity index (χ1v) is 8.42. The molecule has 0 amide bonds. The zero-order chi connectivity index (χ0) is 17.8. The molecule has 6 heteroatoms. The molecule has 2 aliphatic rings. The maximum atomic E-state index is 13.5. The molecule has 1 aromatic heterocycles. The predicted octanol–water partition coefficient (Wildman–Crippen LogP) is 2.17. The van der Waals surface area contributed by atoms with Crippen LogP contribution in [-0.4, -0.2) is 21.0 Å². The smallest absolute Gasteiger partial charge is 0.231 e. The van der Waals surface area contributed by atoms with Gasteiger partial charge in [-0.15, -0.1) is 0 Å². The van der Waals surface area contributed by atoms with Gasteiger partial charge in [0.1, 0.15) is 0 Å². The van der Waals surface area contributed by atoms with E-state index in [2.05, 4.69) is 0 Å². The third kappa shape index (κ3) is 1.95. The standard InChI is InChI=1S/C20H17NO5/c1-23-14-4-3-12-9-21-6-5-11-7-15-16(26-10-25-15)8-13(11)18(21)19(22)17(12)20(14)24-2/h3-4,7-9H,5-6,10H2,1-2H3. The van der Waals surface area contributed by atoms with Crippen molar-refractivity contribution in [1.82, 2.24) is 0 Å². The number of pyridine rings is 1. The van der Waals surface area contributed by atoms with Crippen molar-refractivity contribution in [1.29, 1.82) is 0 Å². The monoisotopic (exact) mass is 351 g/mol. The van der Waals surface area contributed by atoms with E-state index in [4.69, 9.17) is 18.9 Å². The summed E-state index contributed by atoms with van der Waals surface area (Å²) in [5.74, 6) is 2.35. The van der Waals surface area contributed by atoms with Gasteiger partial charge in [0, 0.05) is 17.2 Å². The minimum absolute atomic E-state index is 0.0712. The number of aromatic nitrogens is 1. The number of ether oxygens (including phenoxy) is 4. The van der Waals surface area contributed by atoms with Crippen LogP contribution >= 0.6 is 0 Å². The Morgan fingerprint density at radius 3 is 2.65 bits per heavy atom. The van der Waals surface area contributed by atoms with Gasteiger partial charge in [0.05, 0.1) is 19.8 Å². The molecule has 3 aromatic rings. The molecule has 0 radical (unpaired) electrons. The highest BCUT2D eigenvalue weighted by Crippen LogP contribution is 2.45. The van der Waals surface area contributed by atoms with Gasteiger partial charge in [-0.05, 0) is 35.6 Å². The van der Waals surface area contributed by atoms with E-state index in [1.54, 1.807) is 14.2 Å². The summed E-state index contributed by atoms with van der Waals surface area (Å²) < 4.78 is 23.9. The quantitative estimate of drug-likeness (QED) is 0.662. The lowest BCUT2D eigenvalue weighted by atomic mass is 9.94. The van der Waals surface area contributed by atoms with Crippen LogP contribution in [0.1, 0.15) is 5.56 Å². The van der Waals surface area contributed by atoms with E-state index in [0.29, 0.717) is 28.3 Å². The van der Waals surface area contributed by atoms with Crippen LogP contribution in [0.4, 0.5) is 0 Å². The summed E-state index contributed by atoms with van der Waals surface area (Å²) in [6, 6.07) is 7.60. The molecule has 3 heterocycles. The number of rotatable bonds is 2. The van der Waals surface area contributed by atoms with E-state index in [-0.39, 0.29) is 12.5 Å². The summed E-state index contributed by atoms with van der Waals surface area (Å²) in [5, 5.41) is 14.8. The first-order valence-electron chi connectivity index (χ1n) is 8.42. The number of methoxy groups -OCH3 is 2. The van der Waals surface area contributed by atoms with E-state index in [0.717, 1.165) is 35.2 Å². The lowest BCUT2D eigenvalue weighted by Gasteiger charge is -2.23. The number of nitrogens with zero attached hydrogens (tertiary/aromatic N) is 1. The van der Waals surface area contributed by atoms with Gasteiger partial charge < -0.3 is 24.1 Å². The van der Waals surface area contributed by atoms with Gasteiger partial charge in [0.15, 0.2) is 35.7 Å². The van der Waals surface area contributed by atoms with Crippen LogP contribution < -0.4 is 28.6 Å². The molecule has 2 aliphatic heterocycles. The minimum atomic E-state index is -0.0712. The van der Waals surface area contributed by atoms with Gasteiger partial charge in [-0.25, -0.2) is 0 Å². The first-order chi connectivity index (χ1) is 12.7. The Bertz CT molecular complexity index is 1060. The van der Waals surface area contributed by atoms with Crippen molar-refractivity contribution in [2.45, 2.75) is 13.0 Å². The average molecular weight is 351 g/mol. The lowest BCUT2D eigenvalue weighted by molar-refractivity contribution is -0.688. The molecule has 6 nitrogen and oxygen atoms in total. The highest BCUT2D eigenvalue weighted by Gasteiger charge is 2.29. The Labute approximate surface area is 150 Å². The van der Waals surface area contributed by atoms with E-state index in [1.165, 1.54) is 0 Å². The van der Waals surface area contributed by atoms with Crippen LogP contribution in [0.15, 0.2) is 30.5 Å². The summed E-state index contributed by atoms with van der Waals surface area (Å²) in [5.41, 5.74) is 2.62.